The minimum Gasteiger partial charge on any atom is -0.380 e. The largest absolute Gasteiger partial charge is 0.380 e. The van der Waals surface area contributed by atoms with E-state index in [0.29, 0.717) is 6.10 Å². The van der Waals surface area contributed by atoms with Crippen LogP contribution >= 0.6 is 11.3 Å². The highest BCUT2D eigenvalue weighted by atomic mass is 32.1. The van der Waals surface area contributed by atoms with E-state index in [2.05, 4.69) is 19.9 Å². The second kappa shape index (κ2) is 3.95. The predicted molar refractivity (Wildman–Crippen MR) is 62.8 cm³/mol. The third-order valence-corrected chi connectivity index (χ3v) is 3.85. The molecule has 0 unspecified atom stereocenters. The van der Waals surface area contributed by atoms with Crippen LogP contribution in [0.3, 0.4) is 0 Å². The number of rotatable bonds is 2. The smallest absolute Gasteiger partial charge is 0.188 e. The van der Waals surface area contributed by atoms with Gasteiger partial charge in [-0.15, -0.1) is 0 Å². The molecule has 1 aliphatic heterocycles. The number of methoxy groups -OCH3 is 1. The van der Waals surface area contributed by atoms with Gasteiger partial charge in [0, 0.05) is 26.4 Å². The van der Waals surface area contributed by atoms with Crippen LogP contribution in [0.15, 0.2) is 12.5 Å². The number of nitrogens with zero attached hydrogens (tertiary/aromatic N) is 4. The highest BCUT2D eigenvalue weighted by molar-refractivity contribution is 7.22. The average molecular weight is 236 g/mol. The molecule has 6 heteroatoms. The first-order chi connectivity index (χ1) is 7.86. The molecular weight excluding hydrogens is 224 g/mol. The summed E-state index contributed by atoms with van der Waals surface area (Å²) in [5.74, 6) is 0. The van der Waals surface area contributed by atoms with Crippen molar-refractivity contribution in [1.82, 2.24) is 15.0 Å². The molecule has 3 rings (SSSR count). The lowest BCUT2D eigenvalue weighted by atomic mass is 10.3. The minimum atomic E-state index is 0.332. The maximum atomic E-state index is 5.34. The van der Waals surface area contributed by atoms with Gasteiger partial charge in [0.2, 0.25) is 0 Å². The summed E-state index contributed by atoms with van der Waals surface area (Å²) >= 11 is 1.64. The topological polar surface area (TPSA) is 51.1 Å². The lowest BCUT2D eigenvalue weighted by Gasteiger charge is -2.13. The van der Waals surface area contributed by atoms with E-state index in [1.807, 2.05) is 6.20 Å². The highest BCUT2D eigenvalue weighted by Gasteiger charge is 2.24. The van der Waals surface area contributed by atoms with Gasteiger partial charge in [0.25, 0.3) is 0 Å². The third-order valence-electron chi connectivity index (χ3n) is 2.81. The number of hydrogen-bond acceptors (Lipinski definition) is 6. The van der Waals surface area contributed by atoms with Gasteiger partial charge < -0.3 is 9.64 Å². The Balaban J connectivity index is 1.89. The van der Waals surface area contributed by atoms with E-state index in [9.17, 15) is 0 Å². The molecule has 2 aromatic heterocycles. The van der Waals surface area contributed by atoms with Crippen LogP contribution in [0.5, 0.6) is 0 Å². The summed E-state index contributed by atoms with van der Waals surface area (Å²) in [6.45, 7) is 1.93. The number of fused-ring (bicyclic) bond motifs is 1. The number of ether oxygens (including phenoxy) is 1. The van der Waals surface area contributed by atoms with E-state index >= 15 is 0 Å². The van der Waals surface area contributed by atoms with Crippen LogP contribution in [-0.4, -0.2) is 41.3 Å². The van der Waals surface area contributed by atoms with Crippen molar-refractivity contribution in [3.63, 3.8) is 0 Å². The van der Waals surface area contributed by atoms with Crippen LogP contribution < -0.4 is 4.90 Å². The highest BCUT2D eigenvalue weighted by Crippen LogP contribution is 2.29. The van der Waals surface area contributed by atoms with Gasteiger partial charge in [-0.1, -0.05) is 11.3 Å². The molecule has 1 saturated heterocycles. The van der Waals surface area contributed by atoms with Crippen LogP contribution in [0, 0.1) is 0 Å². The zero-order valence-electron chi connectivity index (χ0n) is 8.96. The first-order valence-corrected chi connectivity index (χ1v) is 6.03. The molecule has 0 aliphatic carbocycles. The maximum Gasteiger partial charge on any atom is 0.188 e. The SMILES string of the molecule is CO[C@@H]1CCN(c2nc3ncncc3s2)C1. The van der Waals surface area contributed by atoms with Crippen molar-refractivity contribution in [1.29, 1.82) is 0 Å². The zero-order valence-corrected chi connectivity index (χ0v) is 9.78. The molecular formula is C10H12N4OS. The summed E-state index contributed by atoms with van der Waals surface area (Å²) in [4.78, 5) is 14.9. The molecule has 0 radical (unpaired) electrons. The van der Waals surface area contributed by atoms with Gasteiger partial charge in [-0.25, -0.2) is 9.97 Å². The Morgan fingerprint density at radius 2 is 2.50 bits per heavy atom. The molecule has 0 bridgehead atoms. The van der Waals surface area contributed by atoms with Gasteiger partial charge in [-0.05, 0) is 6.42 Å². The van der Waals surface area contributed by atoms with E-state index in [4.69, 9.17) is 4.74 Å². The first kappa shape index (κ1) is 9.92. The molecule has 5 nitrogen and oxygen atoms in total. The maximum absolute atomic E-state index is 5.34. The Kier molecular flexibility index (Phi) is 2.45. The Bertz CT molecular complexity index is 467. The summed E-state index contributed by atoms with van der Waals surface area (Å²) in [6.07, 6.45) is 4.75. The molecule has 2 aromatic rings. The molecule has 1 aliphatic rings. The molecule has 0 aromatic carbocycles. The van der Waals surface area contributed by atoms with Crippen molar-refractivity contribution < 1.29 is 4.74 Å². The lowest BCUT2D eigenvalue weighted by Crippen LogP contribution is -2.21. The van der Waals surface area contributed by atoms with Crippen molar-refractivity contribution in [2.24, 2.45) is 0 Å². The normalized spacial score (nSPS) is 20.8. The van der Waals surface area contributed by atoms with Crippen LogP contribution in [0.1, 0.15) is 6.42 Å². The number of hydrogen-bond donors (Lipinski definition) is 0. The fraction of sp³-hybridized carbons (Fsp3) is 0.500. The van der Waals surface area contributed by atoms with Crippen molar-refractivity contribution in [2.45, 2.75) is 12.5 Å². The van der Waals surface area contributed by atoms with Crippen molar-refractivity contribution >= 4 is 26.8 Å². The summed E-state index contributed by atoms with van der Waals surface area (Å²) in [6, 6.07) is 0. The molecule has 1 fully saturated rings. The van der Waals surface area contributed by atoms with E-state index in [-0.39, 0.29) is 0 Å². The fourth-order valence-corrected chi connectivity index (χ4v) is 2.83. The fourth-order valence-electron chi connectivity index (χ4n) is 1.91. The van der Waals surface area contributed by atoms with E-state index in [1.54, 1.807) is 18.4 Å². The first-order valence-electron chi connectivity index (χ1n) is 5.21. The predicted octanol–water partition coefficient (Wildman–Crippen LogP) is 1.31. The molecule has 16 heavy (non-hydrogen) atoms. The molecule has 0 N–H and O–H groups in total. The van der Waals surface area contributed by atoms with Gasteiger partial charge in [-0.3, -0.25) is 0 Å². The average Bonchev–Trinajstić information content (AvgIpc) is 2.95. The Hall–Kier alpha value is -1.27. The van der Waals surface area contributed by atoms with Crippen LogP contribution in [-0.2, 0) is 4.74 Å². The summed E-state index contributed by atoms with van der Waals surface area (Å²) < 4.78 is 6.38. The molecule has 0 amide bonds. The summed E-state index contributed by atoms with van der Waals surface area (Å²) in [7, 11) is 1.76. The quantitative estimate of drug-likeness (QED) is 0.787. The Morgan fingerprint density at radius 3 is 3.25 bits per heavy atom. The standard InChI is InChI=1S/C10H12N4OS/c1-15-7-2-3-14(5-7)10-13-9-8(16-10)4-11-6-12-9/h4,6-7H,2-3,5H2,1H3/t7-/m1/s1. The van der Waals surface area contributed by atoms with Crippen molar-refractivity contribution in [3.8, 4) is 0 Å². The van der Waals surface area contributed by atoms with Crippen molar-refractivity contribution in [3.05, 3.63) is 12.5 Å². The second-order valence-electron chi connectivity index (χ2n) is 3.80. The monoisotopic (exact) mass is 236 g/mol. The van der Waals surface area contributed by atoms with Crippen LogP contribution in [0.4, 0.5) is 5.13 Å². The third kappa shape index (κ3) is 1.64. The molecule has 1 atom stereocenters. The van der Waals surface area contributed by atoms with Gasteiger partial charge >= 0.3 is 0 Å². The summed E-state index contributed by atoms with van der Waals surface area (Å²) in [5.41, 5.74) is 0.788. The number of thiazole rings is 1. The zero-order chi connectivity index (χ0) is 11.0. The van der Waals surface area contributed by atoms with Gasteiger partial charge in [0.15, 0.2) is 10.8 Å². The Labute approximate surface area is 97.1 Å². The van der Waals surface area contributed by atoms with E-state index < -0.39 is 0 Å². The van der Waals surface area contributed by atoms with Gasteiger partial charge in [0.05, 0.1) is 10.8 Å². The lowest BCUT2D eigenvalue weighted by molar-refractivity contribution is 0.121. The van der Waals surface area contributed by atoms with Gasteiger partial charge in [-0.2, -0.15) is 4.98 Å². The molecule has 84 valence electrons. The molecule has 0 saturated carbocycles. The summed E-state index contributed by atoms with van der Waals surface area (Å²) in [5, 5.41) is 1.02. The minimum absolute atomic E-state index is 0.332. The number of anilines is 1. The Morgan fingerprint density at radius 1 is 1.56 bits per heavy atom. The van der Waals surface area contributed by atoms with E-state index in [1.165, 1.54) is 6.33 Å². The van der Waals surface area contributed by atoms with Crippen LogP contribution in [0.2, 0.25) is 0 Å². The van der Waals surface area contributed by atoms with E-state index in [0.717, 1.165) is 35.0 Å². The number of aromatic nitrogens is 3. The van der Waals surface area contributed by atoms with Crippen molar-refractivity contribution in [2.75, 3.05) is 25.1 Å². The molecule has 3 heterocycles. The van der Waals surface area contributed by atoms with Crippen LogP contribution in [0.25, 0.3) is 10.3 Å². The molecule has 0 spiro atoms. The second-order valence-corrected chi connectivity index (χ2v) is 4.81. The van der Waals surface area contributed by atoms with Gasteiger partial charge in [0.1, 0.15) is 6.33 Å².